The lowest BCUT2D eigenvalue weighted by atomic mass is 10.0. The number of aryl methyl sites for hydroxylation is 1. The van der Waals surface area contributed by atoms with Crippen LogP contribution in [-0.4, -0.2) is 20.5 Å². The highest BCUT2D eigenvalue weighted by Crippen LogP contribution is 2.36. The Balaban J connectivity index is 1.96. The minimum Gasteiger partial charge on any atom is -0.312 e. The number of Topliss-reactive ketones (excluding diaryl/α,β-unsaturated/α-hetero) is 1. The summed E-state index contributed by atoms with van der Waals surface area (Å²) in [5, 5.41) is 8.34. The Morgan fingerprint density at radius 2 is 1.68 bits per heavy atom. The molecular formula is C17H15N3OS. The van der Waals surface area contributed by atoms with E-state index in [9.17, 15) is 4.79 Å². The summed E-state index contributed by atoms with van der Waals surface area (Å²) in [6.07, 6.45) is 1.64. The molecule has 1 heterocycles. The zero-order chi connectivity index (χ0) is 15.4. The van der Waals surface area contributed by atoms with Crippen molar-refractivity contribution in [3.05, 3.63) is 78.1 Å². The molecule has 0 unspecified atom stereocenters. The zero-order valence-corrected chi connectivity index (χ0v) is 12.9. The van der Waals surface area contributed by atoms with Gasteiger partial charge in [-0.05, 0) is 5.56 Å². The lowest BCUT2D eigenvalue weighted by molar-refractivity contribution is 0.0989. The number of ketones is 1. The Hall–Kier alpha value is -2.40. The molecule has 0 spiro atoms. The maximum atomic E-state index is 12.9. The highest BCUT2D eigenvalue weighted by molar-refractivity contribution is 8.00. The number of benzene rings is 2. The van der Waals surface area contributed by atoms with Crippen LogP contribution >= 0.6 is 11.8 Å². The third-order valence-corrected chi connectivity index (χ3v) is 4.59. The quantitative estimate of drug-likeness (QED) is 0.534. The molecule has 3 aromatic rings. The number of aromatic nitrogens is 3. The maximum absolute atomic E-state index is 12.9. The Labute approximate surface area is 133 Å². The molecule has 3 rings (SSSR count). The number of carbonyl (C=O) groups excluding carboxylic acids is 1. The van der Waals surface area contributed by atoms with E-state index in [0.717, 1.165) is 10.7 Å². The van der Waals surface area contributed by atoms with Gasteiger partial charge in [-0.25, -0.2) is 0 Å². The van der Waals surface area contributed by atoms with Gasteiger partial charge >= 0.3 is 0 Å². The molecule has 0 saturated carbocycles. The van der Waals surface area contributed by atoms with E-state index in [1.807, 2.05) is 72.3 Å². The van der Waals surface area contributed by atoms with Crippen LogP contribution in [0.1, 0.15) is 21.2 Å². The van der Waals surface area contributed by atoms with Crippen molar-refractivity contribution < 1.29 is 4.79 Å². The molecule has 4 nitrogen and oxygen atoms in total. The van der Waals surface area contributed by atoms with E-state index in [-0.39, 0.29) is 11.0 Å². The van der Waals surface area contributed by atoms with Gasteiger partial charge in [0.2, 0.25) is 0 Å². The van der Waals surface area contributed by atoms with Gasteiger partial charge < -0.3 is 4.57 Å². The first-order valence-corrected chi connectivity index (χ1v) is 7.78. The maximum Gasteiger partial charge on any atom is 0.191 e. The molecular weight excluding hydrogens is 294 g/mol. The van der Waals surface area contributed by atoms with Crippen molar-refractivity contribution in [3.8, 4) is 0 Å². The Morgan fingerprint density at radius 1 is 1.05 bits per heavy atom. The lowest BCUT2D eigenvalue weighted by Gasteiger charge is -2.15. The van der Waals surface area contributed by atoms with E-state index in [4.69, 9.17) is 0 Å². The molecule has 0 radical (unpaired) electrons. The van der Waals surface area contributed by atoms with Gasteiger partial charge in [0.25, 0.3) is 0 Å². The fraction of sp³-hybridized carbons (Fsp3) is 0.118. The predicted octanol–water partition coefficient (Wildman–Crippen LogP) is 3.53. The molecule has 1 atom stereocenters. The SMILES string of the molecule is Cn1cnnc1S[C@H](C(=O)c1ccccc1)c1ccccc1. The molecule has 22 heavy (non-hydrogen) atoms. The van der Waals surface area contributed by atoms with Crippen LogP contribution in [0, 0.1) is 0 Å². The van der Waals surface area contributed by atoms with E-state index in [2.05, 4.69) is 10.2 Å². The second kappa shape index (κ2) is 6.58. The van der Waals surface area contributed by atoms with Crippen LogP contribution in [0.3, 0.4) is 0 Å². The molecule has 0 fully saturated rings. The van der Waals surface area contributed by atoms with Gasteiger partial charge in [-0.1, -0.05) is 72.4 Å². The highest BCUT2D eigenvalue weighted by atomic mass is 32.2. The summed E-state index contributed by atoms with van der Waals surface area (Å²) in [4.78, 5) is 12.9. The van der Waals surface area contributed by atoms with Gasteiger partial charge in [-0.2, -0.15) is 0 Å². The van der Waals surface area contributed by atoms with Gasteiger partial charge in [0.15, 0.2) is 10.9 Å². The van der Waals surface area contributed by atoms with Crippen molar-refractivity contribution in [2.45, 2.75) is 10.4 Å². The number of hydrogen-bond acceptors (Lipinski definition) is 4. The number of nitrogens with zero attached hydrogens (tertiary/aromatic N) is 3. The second-order valence-electron chi connectivity index (χ2n) is 4.86. The number of rotatable bonds is 5. The monoisotopic (exact) mass is 309 g/mol. The van der Waals surface area contributed by atoms with E-state index in [1.165, 1.54) is 11.8 Å². The van der Waals surface area contributed by atoms with Gasteiger partial charge in [-0.15, -0.1) is 10.2 Å². The molecule has 5 heteroatoms. The number of hydrogen-bond donors (Lipinski definition) is 0. The van der Waals surface area contributed by atoms with Gasteiger partial charge in [-0.3, -0.25) is 4.79 Å². The average Bonchev–Trinajstić information content (AvgIpc) is 2.98. The molecule has 0 saturated heterocycles. The van der Waals surface area contributed by atoms with E-state index < -0.39 is 0 Å². The average molecular weight is 309 g/mol. The second-order valence-corrected chi connectivity index (χ2v) is 5.94. The third-order valence-electron chi connectivity index (χ3n) is 3.29. The minimum absolute atomic E-state index is 0.0693. The van der Waals surface area contributed by atoms with Crippen LogP contribution in [0.25, 0.3) is 0 Å². The first-order chi connectivity index (χ1) is 10.8. The van der Waals surface area contributed by atoms with Crippen molar-refractivity contribution >= 4 is 17.5 Å². The first-order valence-electron chi connectivity index (χ1n) is 6.90. The van der Waals surface area contributed by atoms with Crippen molar-refractivity contribution in [2.24, 2.45) is 7.05 Å². The van der Waals surface area contributed by atoms with E-state index >= 15 is 0 Å². The van der Waals surface area contributed by atoms with Crippen LogP contribution in [0.4, 0.5) is 0 Å². The lowest BCUT2D eigenvalue weighted by Crippen LogP contribution is -2.10. The fourth-order valence-corrected chi connectivity index (χ4v) is 3.19. The van der Waals surface area contributed by atoms with Crippen LogP contribution in [0.15, 0.2) is 72.1 Å². The summed E-state index contributed by atoms with van der Waals surface area (Å²) < 4.78 is 1.82. The molecule has 0 bridgehead atoms. The van der Waals surface area contributed by atoms with E-state index in [1.54, 1.807) is 6.33 Å². The van der Waals surface area contributed by atoms with Crippen molar-refractivity contribution in [2.75, 3.05) is 0 Å². The summed E-state index contributed by atoms with van der Waals surface area (Å²) in [6.45, 7) is 0. The van der Waals surface area contributed by atoms with Crippen molar-refractivity contribution in [1.82, 2.24) is 14.8 Å². The largest absolute Gasteiger partial charge is 0.312 e. The summed E-state index contributed by atoms with van der Waals surface area (Å²) in [7, 11) is 1.87. The van der Waals surface area contributed by atoms with Gasteiger partial charge in [0.05, 0.1) is 0 Å². The molecule has 0 aliphatic carbocycles. The predicted molar refractivity (Wildman–Crippen MR) is 86.8 cm³/mol. The summed E-state index contributed by atoms with van der Waals surface area (Å²) in [6, 6.07) is 19.1. The smallest absolute Gasteiger partial charge is 0.191 e. The Bertz CT molecular complexity index is 756. The topological polar surface area (TPSA) is 47.8 Å². The Kier molecular flexibility index (Phi) is 4.34. The van der Waals surface area contributed by atoms with E-state index in [0.29, 0.717) is 5.56 Å². The number of carbonyl (C=O) groups is 1. The van der Waals surface area contributed by atoms with Crippen molar-refractivity contribution in [3.63, 3.8) is 0 Å². The van der Waals surface area contributed by atoms with Gasteiger partial charge in [0, 0.05) is 12.6 Å². The fourth-order valence-electron chi connectivity index (χ4n) is 2.14. The molecule has 1 aromatic heterocycles. The summed E-state index contributed by atoms with van der Waals surface area (Å²) in [5.74, 6) is 0.0693. The van der Waals surface area contributed by atoms with Crippen LogP contribution < -0.4 is 0 Å². The molecule has 0 amide bonds. The molecule has 2 aromatic carbocycles. The van der Waals surface area contributed by atoms with Crippen LogP contribution in [-0.2, 0) is 7.05 Å². The van der Waals surface area contributed by atoms with Crippen LogP contribution in [0.5, 0.6) is 0 Å². The third kappa shape index (κ3) is 3.09. The number of thioether (sulfide) groups is 1. The Morgan fingerprint density at radius 3 is 2.27 bits per heavy atom. The van der Waals surface area contributed by atoms with Gasteiger partial charge in [0.1, 0.15) is 11.6 Å². The van der Waals surface area contributed by atoms with Crippen molar-refractivity contribution in [1.29, 1.82) is 0 Å². The highest BCUT2D eigenvalue weighted by Gasteiger charge is 2.24. The first kappa shape index (κ1) is 14.5. The minimum atomic E-state index is -0.341. The normalized spacial score (nSPS) is 12.0. The summed E-state index contributed by atoms with van der Waals surface area (Å²) in [5.41, 5.74) is 1.66. The molecule has 0 aliphatic heterocycles. The molecule has 0 aliphatic rings. The zero-order valence-electron chi connectivity index (χ0n) is 12.1. The summed E-state index contributed by atoms with van der Waals surface area (Å²) >= 11 is 1.42. The molecule has 110 valence electrons. The molecule has 0 N–H and O–H groups in total. The van der Waals surface area contributed by atoms with Crippen LogP contribution in [0.2, 0.25) is 0 Å². The standard InChI is InChI=1S/C17H15N3OS/c1-20-12-18-19-17(20)22-16(14-10-6-3-7-11-14)15(21)13-8-4-2-5-9-13/h2-12,16H,1H3/t16-/m0/s1.